The Bertz CT molecular complexity index is 953. The third-order valence-electron chi connectivity index (χ3n) is 4.00. The Morgan fingerprint density at radius 1 is 1.23 bits per heavy atom. The summed E-state index contributed by atoms with van der Waals surface area (Å²) in [7, 11) is 1.58. The number of hydrogen-bond donors (Lipinski definition) is 1. The molecule has 0 bridgehead atoms. The average Bonchev–Trinajstić information content (AvgIpc) is 3.22. The fraction of sp³-hybridized carbons (Fsp3) is 0.158. The Balaban J connectivity index is 1.65. The molecule has 2 heterocycles. The molecular formula is C19H16N2O4S. The number of benzene rings is 2. The number of amides is 1. The van der Waals surface area contributed by atoms with E-state index in [4.69, 9.17) is 14.2 Å². The molecule has 0 aromatic heterocycles. The van der Waals surface area contributed by atoms with Gasteiger partial charge in [0.05, 0.1) is 17.7 Å². The predicted molar refractivity (Wildman–Crippen MR) is 101 cm³/mol. The van der Waals surface area contributed by atoms with Crippen LogP contribution in [-0.4, -0.2) is 25.0 Å². The average molecular weight is 368 g/mol. The van der Waals surface area contributed by atoms with E-state index in [0.717, 1.165) is 16.8 Å². The van der Waals surface area contributed by atoms with Crippen molar-refractivity contribution in [1.82, 2.24) is 5.32 Å². The van der Waals surface area contributed by atoms with Gasteiger partial charge < -0.3 is 19.5 Å². The summed E-state index contributed by atoms with van der Waals surface area (Å²) >= 11 is 1.29. The maximum atomic E-state index is 12.3. The van der Waals surface area contributed by atoms with Gasteiger partial charge in [0.25, 0.3) is 5.91 Å². The van der Waals surface area contributed by atoms with Gasteiger partial charge in [-0.1, -0.05) is 18.2 Å². The molecule has 132 valence electrons. The number of rotatable bonds is 3. The van der Waals surface area contributed by atoms with E-state index in [2.05, 4.69) is 10.3 Å². The molecule has 4 rings (SSSR count). The van der Waals surface area contributed by atoms with Crippen LogP contribution in [0.5, 0.6) is 17.2 Å². The van der Waals surface area contributed by atoms with Crippen LogP contribution in [0.2, 0.25) is 0 Å². The number of nitrogens with one attached hydrogen (secondary N) is 1. The molecule has 7 heteroatoms. The van der Waals surface area contributed by atoms with Crippen LogP contribution in [0.15, 0.2) is 46.3 Å². The van der Waals surface area contributed by atoms with Gasteiger partial charge in [0.15, 0.2) is 16.7 Å². The number of carbonyl (C=O) groups excluding carboxylic acids is 1. The highest BCUT2D eigenvalue weighted by Gasteiger charge is 2.25. The Labute approximate surface area is 154 Å². The summed E-state index contributed by atoms with van der Waals surface area (Å²) in [6, 6.07) is 11.3. The van der Waals surface area contributed by atoms with Gasteiger partial charge in [-0.3, -0.25) is 4.79 Å². The summed E-state index contributed by atoms with van der Waals surface area (Å²) in [5, 5.41) is 3.35. The van der Waals surface area contributed by atoms with Gasteiger partial charge in [-0.2, -0.15) is 0 Å². The zero-order valence-corrected chi connectivity index (χ0v) is 15.1. The van der Waals surface area contributed by atoms with E-state index in [9.17, 15) is 4.79 Å². The monoisotopic (exact) mass is 368 g/mol. The van der Waals surface area contributed by atoms with E-state index < -0.39 is 0 Å². The molecule has 6 nitrogen and oxygen atoms in total. The molecule has 0 saturated carbocycles. The number of methoxy groups -OCH3 is 1. The molecule has 2 aromatic carbocycles. The molecule has 0 radical (unpaired) electrons. The Morgan fingerprint density at radius 3 is 2.77 bits per heavy atom. The number of para-hydroxylation sites is 1. The van der Waals surface area contributed by atoms with Crippen LogP contribution in [0, 0.1) is 6.92 Å². The number of fused-ring (bicyclic) bond motifs is 1. The fourth-order valence-electron chi connectivity index (χ4n) is 2.65. The van der Waals surface area contributed by atoms with Gasteiger partial charge >= 0.3 is 0 Å². The van der Waals surface area contributed by atoms with Gasteiger partial charge in [-0.05, 0) is 42.5 Å². The van der Waals surface area contributed by atoms with Crippen LogP contribution in [0.1, 0.15) is 11.1 Å². The lowest BCUT2D eigenvalue weighted by atomic mass is 10.1. The van der Waals surface area contributed by atoms with E-state index in [1.54, 1.807) is 25.3 Å². The fourth-order valence-corrected chi connectivity index (χ4v) is 3.47. The van der Waals surface area contributed by atoms with E-state index >= 15 is 0 Å². The van der Waals surface area contributed by atoms with E-state index in [-0.39, 0.29) is 12.7 Å². The predicted octanol–water partition coefficient (Wildman–Crippen LogP) is 3.62. The highest BCUT2D eigenvalue weighted by Crippen LogP contribution is 2.40. The highest BCUT2D eigenvalue weighted by molar-refractivity contribution is 8.18. The van der Waals surface area contributed by atoms with Crippen LogP contribution in [0.4, 0.5) is 5.69 Å². The number of nitrogens with zero attached hydrogens (tertiary/aromatic N) is 1. The molecule has 1 saturated heterocycles. The molecule has 1 amide bonds. The standard InChI is InChI=1S/C19H16N2O4S/c1-11-5-3-4-6-13(11)20-19-21-18(22)17(26-19)8-12-7-15-16(25-10-24-15)9-14(12)23-2/h3-9H,10H2,1-2H3,(H,20,21,22)/b17-8-. The van der Waals surface area contributed by atoms with Crippen LogP contribution < -0.4 is 19.5 Å². The van der Waals surface area contributed by atoms with Crippen molar-refractivity contribution in [3.05, 3.63) is 52.4 Å². The molecule has 0 aliphatic carbocycles. The lowest BCUT2D eigenvalue weighted by Crippen LogP contribution is -2.19. The van der Waals surface area contributed by atoms with Gasteiger partial charge in [-0.25, -0.2) is 4.99 Å². The van der Waals surface area contributed by atoms with Crippen molar-refractivity contribution in [3.8, 4) is 17.2 Å². The molecule has 0 spiro atoms. The van der Waals surface area contributed by atoms with E-state index in [0.29, 0.717) is 27.3 Å². The smallest absolute Gasteiger partial charge is 0.264 e. The van der Waals surface area contributed by atoms with Crippen LogP contribution in [-0.2, 0) is 4.79 Å². The Morgan fingerprint density at radius 2 is 2.00 bits per heavy atom. The molecule has 1 N–H and O–H groups in total. The van der Waals surface area contributed by atoms with Gasteiger partial charge in [-0.15, -0.1) is 0 Å². The second-order valence-electron chi connectivity index (χ2n) is 5.72. The first-order valence-electron chi connectivity index (χ1n) is 7.97. The molecule has 2 aliphatic heterocycles. The van der Waals surface area contributed by atoms with E-state index in [1.165, 1.54) is 11.8 Å². The lowest BCUT2D eigenvalue weighted by molar-refractivity contribution is -0.115. The number of hydrogen-bond acceptors (Lipinski definition) is 6. The van der Waals surface area contributed by atoms with Crippen molar-refractivity contribution in [1.29, 1.82) is 0 Å². The van der Waals surface area contributed by atoms with Gasteiger partial charge in [0, 0.05) is 11.6 Å². The number of amidine groups is 1. The summed E-state index contributed by atoms with van der Waals surface area (Å²) in [5.41, 5.74) is 2.62. The summed E-state index contributed by atoms with van der Waals surface area (Å²) in [5.74, 6) is 1.69. The Kier molecular flexibility index (Phi) is 4.30. The Hall–Kier alpha value is -2.93. The molecule has 0 unspecified atom stereocenters. The summed E-state index contributed by atoms with van der Waals surface area (Å²) < 4.78 is 16.2. The van der Waals surface area contributed by atoms with Crippen molar-refractivity contribution in [2.75, 3.05) is 13.9 Å². The highest BCUT2D eigenvalue weighted by atomic mass is 32.2. The normalized spacial score (nSPS) is 18.5. The van der Waals surface area contributed by atoms with Crippen LogP contribution >= 0.6 is 11.8 Å². The minimum Gasteiger partial charge on any atom is -0.496 e. The largest absolute Gasteiger partial charge is 0.496 e. The number of thioether (sulfide) groups is 1. The van der Waals surface area contributed by atoms with Gasteiger partial charge in [0.1, 0.15) is 5.75 Å². The first-order valence-corrected chi connectivity index (χ1v) is 8.78. The van der Waals surface area contributed by atoms with Crippen molar-refractivity contribution in [3.63, 3.8) is 0 Å². The maximum absolute atomic E-state index is 12.3. The maximum Gasteiger partial charge on any atom is 0.264 e. The zero-order chi connectivity index (χ0) is 18.1. The van der Waals surface area contributed by atoms with Crippen LogP contribution in [0.25, 0.3) is 6.08 Å². The summed E-state index contributed by atoms with van der Waals surface area (Å²) in [6.45, 7) is 2.16. The topological polar surface area (TPSA) is 69.2 Å². The quantitative estimate of drug-likeness (QED) is 0.838. The molecule has 2 aliphatic rings. The first kappa shape index (κ1) is 16.5. The van der Waals surface area contributed by atoms with Crippen LogP contribution in [0.3, 0.4) is 0 Å². The van der Waals surface area contributed by atoms with E-state index in [1.807, 2.05) is 31.2 Å². The molecule has 1 fully saturated rings. The second kappa shape index (κ2) is 6.76. The molecule has 26 heavy (non-hydrogen) atoms. The second-order valence-corrected chi connectivity index (χ2v) is 6.75. The van der Waals surface area contributed by atoms with Crippen molar-refractivity contribution in [2.45, 2.75) is 6.92 Å². The number of aliphatic imine (C=N–C) groups is 1. The van der Waals surface area contributed by atoms with Gasteiger partial charge in [0.2, 0.25) is 6.79 Å². The lowest BCUT2D eigenvalue weighted by Gasteiger charge is -2.06. The van der Waals surface area contributed by atoms with Crippen molar-refractivity contribution < 1.29 is 19.0 Å². The number of ether oxygens (including phenoxy) is 3. The van der Waals surface area contributed by atoms with Crippen molar-refractivity contribution in [2.24, 2.45) is 4.99 Å². The number of aryl methyl sites for hydroxylation is 1. The minimum atomic E-state index is -0.193. The molecule has 0 atom stereocenters. The summed E-state index contributed by atoms with van der Waals surface area (Å²) in [6.07, 6.45) is 1.77. The SMILES string of the molecule is COc1cc2c(cc1/C=C1\SC(=Nc3ccccc3C)NC1=O)OCO2. The number of carbonyl (C=O) groups is 1. The first-order chi connectivity index (χ1) is 12.6. The summed E-state index contributed by atoms with van der Waals surface area (Å²) in [4.78, 5) is 17.4. The molecular weight excluding hydrogens is 352 g/mol. The zero-order valence-electron chi connectivity index (χ0n) is 14.2. The third kappa shape index (κ3) is 3.13. The third-order valence-corrected chi connectivity index (χ3v) is 4.91. The minimum absolute atomic E-state index is 0.182. The molecule has 2 aromatic rings. The van der Waals surface area contributed by atoms with Crippen molar-refractivity contribution >= 4 is 34.6 Å².